The smallest absolute Gasteiger partial charge is 0.249 e. The summed E-state index contributed by atoms with van der Waals surface area (Å²) in [6, 6.07) is 0.446. The van der Waals surface area contributed by atoms with Gasteiger partial charge in [-0.3, -0.25) is 4.79 Å². The number of carbonyl (C=O) groups is 1. The Kier molecular flexibility index (Phi) is 2.30. The minimum Gasteiger partial charge on any atom is -0.368 e. The molecule has 1 saturated carbocycles. The summed E-state index contributed by atoms with van der Waals surface area (Å²) in [5.74, 6) is 0.109. The highest BCUT2D eigenvalue weighted by molar-refractivity contribution is 5.81. The second-order valence-electron chi connectivity index (χ2n) is 3.64. The van der Waals surface area contributed by atoms with E-state index in [1.807, 2.05) is 0 Å². The Morgan fingerprint density at radius 3 is 2.58 bits per heavy atom. The summed E-state index contributed by atoms with van der Waals surface area (Å²) < 4.78 is 5.27. The van der Waals surface area contributed by atoms with Crippen LogP contribution in [0.3, 0.4) is 0 Å². The lowest BCUT2D eigenvalue weighted by Crippen LogP contribution is -2.44. The Labute approximate surface area is 72.5 Å². The van der Waals surface area contributed by atoms with Crippen LogP contribution in [0, 0.1) is 0 Å². The van der Waals surface area contributed by atoms with E-state index in [1.165, 1.54) is 6.42 Å². The highest BCUT2D eigenvalue weighted by Gasteiger charge is 2.27. The van der Waals surface area contributed by atoms with Crippen LogP contribution in [0.2, 0.25) is 0 Å². The summed E-state index contributed by atoms with van der Waals surface area (Å²) in [6.07, 6.45) is 5.35. The van der Waals surface area contributed by atoms with Crippen LogP contribution >= 0.6 is 0 Å². The molecule has 1 atom stereocenters. The third-order valence-electron chi connectivity index (χ3n) is 2.67. The summed E-state index contributed by atoms with van der Waals surface area (Å²) in [5.41, 5.74) is 0. The van der Waals surface area contributed by atoms with Crippen LogP contribution in [0.15, 0.2) is 0 Å². The summed E-state index contributed by atoms with van der Waals surface area (Å²) in [7, 11) is 0. The molecule has 0 radical (unpaired) electrons. The molecule has 3 nitrogen and oxygen atoms in total. The summed E-state index contributed by atoms with van der Waals surface area (Å²) in [5, 5.41) is 2.99. The largest absolute Gasteiger partial charge is 0.368 e. The quantitative estimate of drug-likeness (QED) is 0.665. The van der Waals surface area contributed by atoms with Crippen molar-refractivity contribution in [1.82, 2.24) is 5.32 Å². The molecule has 0 unspecified atom stereocenters. The van der Waals surface area contributed by atoms with Crippen molar-refractivity contribution in [2.45, 2.75) is 44.2 Å². The lowest BCUT2D eigenvalue weighted by molar-refractivity contribution is -0.131. The Hall–Kier alpha value is -0.570. The van der Waals surface area contributed by atoms with Crippen molar-refractivity contribution < 1.29 is 9.53 Å². The Morgan fingerprint density at radius 2 is 2.08 bits per heavy atom. The molecule has 0 bridgehead atoms. The minimum atomic E-state index is -0.148. The molecule has 1 N–H and O–H groups in total. The Bertz CT molecular complexity index is 171. The van der Waals surface area contributed by atoms with Crippen LogP contribution in [-0.2, 0) is 9.53 Å². The fourth-order valence-electron chi connectivity index (χ4n) is 1.63. The lowest BCUT2D eigenvalue weighted by Gasteiger charge is -2.27. The van der Waals surface area contributed by atoms with E-state index in [2.05, 4.69) is 5.32 Å². The van der Waals surface area contributed by atoms with Gasteiger partial charge in [0.15, 0.2) is 0 Å². The Morgan fingerprint density at radius 1 is 1.25 bits per heavy atom. The van der Waals surface area contributed by atoms with E-state index in [0.29, 0.717) is 6.04 Å². The van der Waals surface area contributed by atoms with Gasteiger partial charge in [0.2, 0.25) is 5.91 Å². The van der Waals surface area contributed by atoms with Gasteiger partial charge in [-0.15, -0.1) is 0 Å². The van der Waals surface area contributed by atoms with Crippen molar-refractivity contribution in [2.75, 3.05) is 6.61 Å². The maximum atomic E-state index is 11.4. The predicted octanol–water partition coefficient (Wildman–Crippen LogP) is 0.834. The number of ether oxygens (including phenoxy) is 1. The van der Waals surface area contributed by atoms with E-state index in [0.717, 1.165) is 32.3 Å². The topological polar surface area (TPSA) is 38.3 Å². The first-order chi connectivity index (χ1) is 5.86. The van der Waals surface area contributed by atoms with Gasteiger partial charge < -0.3 is 10.1 Å². The molecule has 12 heavy (non-hydrogen) atoms. The van der Waals surface area contributed by atoms with E-state index in [4.69, 9.17) is 4.74 Å². The van der Waals surface area contributed by atoms with E-state index >= 15 is 0 Å². The fraction of sp³-hybridized carbons (Fsp3) is 0.889. The van der Waals surface area contributed by atoms with Crippen LogP contribution < -0.4 is 5.32 Å². The fourth-order valence-corrected chi connectivity index (χ4v) is 1.63. The second kappa shape index (κ2) is 3.44. The molecule has 2 fully saturated rings. The predicted molar refractivity (Wildman–Crippen MR) is 44.8 cm³/mol. The molecule has 0 aromatic rings. The van der Waals surface area contributed by atoms with E-state index in [-0.39, 0.29) is 12.0 Å². The molecule has 1 heterocycles. The molecule has 2 rings (SSSR count). The molecule has 1 aliphatic carbocycles. The van der Waals surface area contributed by atoms with Gasteiger partial charge in [0.25, 0.3) is 0 Å². The molecule has 0 aromatic carbocycles. The third kappa shape index (κ3) is 1.61. The molecule has 2 aliphatic rings. The molecular weight excluding hydrogens is 154 g/mol. The van der Waals surface area contributed by atoms with Crippen molar-refractivity contribution in [3.05, 3.63) is 0 Å². The first-order valence-electron chi connectivity index (χ1n) is 4.78. The van der Waals surface area contributed by atoms with Crippen molar-refractivity contribution in [3.8, 4) is 0 Å². The minimum absolute atomic E-state index is 0.109. The first-order valence-corrected chi connectivity index (χ1v) is 4.78. The highest BCUT2D eigenvalue weighted by atomic mass is 16.5. The number of rotatable bonds is 2. The molecule has 1 saturated heterocycles. The van der Waals surface area contributed by atoms with Crippen LogP contribution in [0.5, 0.6) is 0 Å². The molecular formula is C9H15NO2. The molecule has 68 valence electrons. The maximum absolute atomic E-state index is 11.4. The van der Waals surface area contributed by atoms with Gasteiger partial charge in [0.1, 0.15) is 6.10 Å². The number of amides is 1. The van der Waals surface area contributed by atoms with E-state index in [1.54, 1.807) is 0 Å². The van der Waals surface area contributed by atoms with Crippen LogP contribution in [0.1, 0.15) is 32.1 Å². The summed E-state index contributed by atoms with van der Waals surface area (Å²) in [6.45, 7) is 0.753. The SMILES string of the molecule is O=C(NC1CCC1)[C@H]1CCCO1. The van der Waals surface area contributed by atoms with Crippen LogP contribution in [0.25, 0.3) is 0 Å². The van der Waals surface area contributed by atoms with Crippen molar-refractivity contribution in [3.63, 3.8) is 0 Å². The summed E-state index contributed by atoms with van der Waals surface area (Å²) in [4.78, 5) is 11.4. The van der Waals surface area contributed by atoms with Gasteiger partial charge in [0, 0.05) is 12.6 Å². The standard InChI is InChI=1S/C9H15NO2/c11-9(8-5-2-6-12-8)10-7-3-1-4-7/h7-8H,1-6H2,(H,10,11)/t8-/m1/s1. The second-order valence-corrected chi connectivity index (χ2v) is 3.64. The molecule has 3 heteroatoms. The van der Waals surface area contributed by atoms with Gasteiger partial charge in [-0.1, -0.05) is 0 Å². The van der Waals surface area contributed by atoms with E-state index < -0.39 is 0 Å². The number of nitrogens with one attached hydrogen (secondary N) is 1. The van der Waals surface area contributed by atoms with Gasteiger partial charge in [-0.05, 0) is 32.1 Å². The number of hydrogen-bond donors (Lipinski definition) is 1. The first kappa shape index (κ1) is 8.05. The van der Waals surface area contributed by atoms with Crippen molar-refractivity contribution in [2.24, 2.45) is 0 Å². The van der Waals surface area contributed by atoms with Gasteiger partial charge in [0.05, 0.1) is 0 Å². The van der Waals surface area contributed by atoms with Crippen molar-refractivity contribution in [1.29, 1.82) is 0 Å². The zero-order valence-electron chi connectivity index (χ0n) is 7.21. The van der Waals surface area contributed by atoms with Gasteiger partial charge in [-0.2, -0.15) is 0 Å². The van der Waals surface area contributed by atoms with E-state index in [9.17, 15) is 4.79 Å². The van der Waals surface area contributed by atoms with Crippen LogP contribution in [0.4, 0.5) is 0 Å². The van der Waals surface area contributed by atoms with Crippen molar-refractivity contribution >= 4 is 5.91 Å². The molecule has 0 aromatic heterocycles. The Balaban J connectivity index is 1.74. The zero-order valence-corrected chi connectivity index (χ0v) is 7.21. The number of carbonyl (C=O) groups excluding carboxylic acids is 1. The zero-order chi connectivity index (χ0) is 8.39. The normalized spacial score (nSPS) is 29.8. The average molecular weight is 169 g/mol. The average Bonchev–Trinajstić information content (AvgIpc) is 2.47. The van der Waals surface area contributed by atoms with Gasteiger partial charge >= 0.3 is 0 Å². The van der Waals surface area contributed by atoms with Crippen LogP contribution in [-0.4, -0.2) is 24.7 Å². The molecule has 1 aliphatic heterocycles. The maximum Gasteiger partial charge on any atom is 0.249 e. The van der Waals surface area contributed by atoms with Gasteiger partial charge in [-0.25, -0.2) is 0 Å². The summed E-state index contributed by atoms with van der Waals surface area (Å²) >= 11 is 0. The number of hydrogen-bond acceptors (Lipinski definition) is 2. The lowest BCUT2D eigenvalue weighted by atomic mass is 9.93. The monoisotopic (exact) mass is 169 g/mol. The molecule has 1 amide bonds. The highest BCUT2D eigenvalue weighted by Crippen LogP contribution is 2.19. The third-order valence-corrected chi connectivity index (χ3v) is 2.67. The molecule has 0 spiro atoms.